The number of nitrogens with zero attached hydrogens (tertiary/aromatic N) is 1. The predicted molar refractivity (Wildman–Crippen MR) is 61.5 cm³/mol. The van der Waals surface area contributed by atoms with Crippen LogP contribution in [0.25, 0.3) is 0 Å². The summed E-state index contributed by atoms with van der Waals surface area (Å²) in [5, 5.41) is 3.81. The average molecular weight is 217 g/mol. The summed E-state index contributed by atoms with van der Waals surface area (Å²) in [4.78, 5) is 0. The van der Waals surface area contributed by atoms with Crippen LogP contribution in [0.1, 0.15) is 22.6 Å². The van der Waals surface area contributed by atoms with Crippen molar-refractivity contribution in [2.45, 2.75) is 27.4 Å². The number of rotatable bonds is 3. The normalized spacial score (nSPS) is 10.4. The van der Waals surface area contributed by atoms with Crippen molar-refractivity contribution in [3.05, 3.63) is 46.8 Å². The van der Waals surface area contributed by atoms with Gasteiger partial charge in [0.2, 0.25) is 0 Å². The van der Waals surface area contributed by atoms with Crippen molar-refractivity contribution >= 4 is 0 Å². The first-order chi connectivity index (χ1) is 7.65. The molecule has 3 heteroatoms. The van der Waals surface area contributed by atoms with Gasteiger partial charge < -0.3 is 9.26 Å². The quantitative estimate of drug-likeness (QED) is 0.792. The van der Waals surface area contributed by atoms with Crippen LogP contribution in [-0.2, 0) is 6.61 Å². The first-order valence-corrected chi connectivity index (χ1v) is 5.27. The Morgan fingerprint density at radius 1 is 1.12 bits per heavy atom. The second-order valence-corrected chi connectivity index (χ2v) is 3.97. The summed E-state index contributed by atoms with van der Waals surface area (Å²) < 4.78 is 10.7. The number of benzene rings is 1. The van der Waals surface area contributed by atoms with Crippen LogP contribution >= 0.6 is 0 Å². The van der Waals surface area contributed by atoms with Crippen LogP contribution in [0, 0.1) is 20.8 Å². The molecule has 0 aliphatic heterocycles. The first-order valence-electron chi connectivity index (χ1n) is 5.27. The highest BCUT2D eigenvalue weighted by Crippen LogP contribution is 2.17. The Morgan fingerprint density at radius 2 is 1.94 bits per heavy atom. The molecule has 16 heavy (non-hydrogen) atoms. The lowest BCUT2D eigenvalue weighted by atomic mass is 10.1. The molecule has 84 valence electrons. The Labute approximate surface area is 95.0 Å². The summed E-state index contributed by atoms with van der Waals surface area (Å²) in [7, 11) is 0. The third-order valence-electron chi connectivity index (χ3n) is 2.54. The van der Waals surface area contributed by atoms with Gasteiger partial charge in [-0.05, 0) is 44.0 Å². The van der Waals surface area contributed by atoms with Crippen LogP contribution in [0.5, 0.6) is 5.75 Å². The Morgan fingerprint density at radius 3 is 2.56 bits per heavy atom. The van der Waals surface area contributed by atoms with E-state index in [2.05, 4.69) is 25.1 Å². The van der Waals surface area contributed by atoms with Gasteiger partial charge in [-0.1, -0.05) is 11.2 Å². The van der Waals surface area contributed by atoms with E-state index in [0.717, 1.165) is 17.2 Å². The lowest BCUT2D eigenvalue weighted by molar-refractivity contribution is 0.248. The fourth-order valence-electron chi connectivity index (χ4n) is 1.44. The first kappa shape index (κ1) is 10.7. The zero-order chi connectivity index (χ0) is 11.5. The van der Waals surface area contributed by atoms with Gasteiger partial charge in [0.15, 0.2) is 5.76 Å². The molecule has 0 saturated heterocycles. The van der Waals surface area contributed by atoms with Gasteiger partial charge in [0, 0.05) is 6.07 Å². The third-order valence-corrected chi connectivity index (χ3v) is 2.54. The predicted octanol–water partition coefficient (Wildman–Crippen LogP) is 3.18. The molecule has 2 rings (SSSR count). The molecular formula is C13H15NO2. The Balaban J connectivity index is 2.02. The van der Waals surface area contributed by atoms with Crippen molar-refractivity contribution in [1.82, 2.24) is 5.16 Å². The molecule has 0 aliphatic rings. The highest BCUT2D eigenvalue weighted by atomic mass is 16.5. The number of aromatic nitrogens is 1. The number of hydrogen-bond donors (Lipinski definition) is 0. The van der Waals surface area contributed by atoms with Gasteiger partial charge in [-0.3, -0.25) is 0 Å². The molecule has 2 aromatic rings. The summed E-state index contributed by atoms with van der Waals surface area (Å²) in [6.45, 7) is 6.46. The summed E-state index contributed by atoms with van der Waals surface area (Å²) in [6, 6.07) is 7.92. The van der Waals surface area contributed by atoms with Crippen molar-refractivity contribution in [3.63, 3.8) is 0 Å². The van der Waals surface area contributed by atoms with Crippen molar-refractivity contribution in [2.24, 2.45) is 0 Å². The van der Waals surface area contributed by atoms with E-state index in [-0.39, 0.29) is 0 Å². The van der Waals surface area contributed by atoms with Crippen LogP contribution in [0.2, 0.25) is 0 Å². The van der Waals surface area contributed by atoms with Crippen molar-refractivity contribution in [3.8, 4) is 5.75 Å². The number of ether oxygens (including phenoxy) is 1. The molecule has 0 bridgehead atoms. The third kappa shape index (κ3) is 2.42. The van der Waals surface area contributed by atoms with E-state index in [9.17, 15) is 0 Å². The van der Waals surface area contributed by atoms with E-state index in [1.54, 1.807) is 0 Å². The van der Waals surface area contributed by atoms with E-state index < -0.39 is 0 Å². The fourth-order valence-corrected chi connectivity index (χ4v) is 1.44. The molecule has 0 radical (unpaired) electrons. The Bertz CT molecular complexity index is 488. The Hall–Kier alpha value is -1.77. The zero-order valence-electron chi connectivity index (χ0n) is 9.78. The maximum atomic E-state index is 5.61. The van der Waals surface area contributed by atoms with Crippen LogP contribution in [0.3, 0.4) is 0 Å². The van der Waals surface area contributed by atoms with Gasteiger partial charge in [-0.15, -0.1) is 0 Å². The maximum absolute atomic E-state index is 5.61. The van der Waals surface area contributed by atoms with Gasteiger partial charge in [0.05, 0.1) is 5.69 Å². The minimum absolute atomic E-state index is 0.420. The van der Waals surface area contributed by atoms with E-state index in [0.29, 0.717) is 6.61 Å². The second-order valence-electron chi connectivity index (χ2n) is 3.97. The summed E-state index contributed by atoms with van der Waals surface area (Å²) in [6.07, 6.45) is 0. The largest absolute Gasteiger partial charge is 0.486 e. The minimum Gasteiger partial charge on any atom is -0.486 e. The van der Waals surface area contributed by atoms with Crippen molar-refractivity contribution < 1.29 is 9.26 Å². The standard InChI is InChI=1S/C13H15NO2/c1-9-4-5-12(6-10(9)2)15-8-13-7-11(3)14-16-13/h4-7H,8H2,1-3H3. The molecule has 0 unspecified atom stereocenters. The number of hydrogen-bond acceptors (Lipinski definition) is 3. The zero-order valence-corrected chi connectivity index (χ0v) is 9.78. The summed E-state index contributed by atoms with van der Waals surface area (Å²) in [5.74, 6) is 1.60. The van der Waals surface area contributed by atoms with Crippen LogP contribution in [-0.4, -0.2) is 5.16 Å². The van der Waals surface area contributed by atoms with Gasteiger partial charge >= 0.3 is 0 Å². The van der Waals surface area contributed by atoms with Gasteiger partial charge in [0.1, 0.15) is 12.4 Å². The molecule has 0 aliphatic carbocycles. The molecule has 0 amide bonds. The number of aryl methyl sites for hydroxylation is 3. The van der Waals surface area contributed by atoms with Crippen molar-refractivity contribution in [2.75, 3.05) is 0 Å². The highest BCUT2D eigenvalue weighted by molar-refractivity contribution is 5.33. The van der Waals surface area contributed by atoms with E-state index >= 15 is 0 Å². The monoisotopic (exact) mass is 217 g/mol. The lowest BCUT2D eigenvalue weighted by Gasteiger charge is -2.06. The fraction of sp³-hybridized carbons (Fsp3) is 0.308. The van der Waals surface area contributed by atoms with Crippen LogP contribution < -0.4 is 4.74 Å². The van der Waals surface area contributed by atoms with Gasteiger partial charge in [-0.2, -0.15) is 0 Å². The summed E-state index contributed by atoms with van der Waals surface area (Å²) >= 11 is 0. The SMILES string of the molecule is Cc1cc(COc2ccc(C)c(C)c2)on1. The topological polar surface area (TPSA) is 35.3 Å². The van der Waals surface area contributed by atoms with Gasteiger partial charge in [0.25, 0.3) is 0 Å². The van der Waals surface area contributed by atoms with E-state index in [4.69, 9.17) is 9.26 Å². The molecule has 1 aromatic heterocycles. The highest BCUT2D eigenvalue weighted by Gasteiger charge is 2.02. The van der Waals surface area contributed by atoms with Crippen LogP contribution in [0.15, 0.2) is 28.8 Å². The maximum Gasteiger partial charge on any atom is 0.174 e. The molecule has 0 saturated carbocycles. The molecule has 0 spiro atoms. The molecule has 0 fully saturated rings. The molecular weight excluding hydrogens is 202 g/mol. The van der Waals surface area contributed by atoms with Gasteiger partial charge in [-0.25, -0.2) is 0 Å². The smallest absolute Gasteiger partial charge is 0.174 e. The average Bonchev–Trinajstić information content (AvgIpc) is 2.66. The van der Waals surface area contributed by atoms with E-state index in [1.165, 1.54) is 11.1 Å². The minimum atomic E-state index is 0.420. The molecule has 0 N–H and O–H groups in total. The molecule has 1 heterocycles. The molecule has 3 nitrogen and oxygen atoms in total. The summed E-state index contributed by atoms with van der Waals surface area (Å²) in [5.41, 5.74) is 3.37. The van der Waals surface area contributed by atoms with Crippen molar-refractivity contribution in [1.29, 1.82) is 0 Å². The molecule has 0 atom stereocenters. The molecule has 1 aromatic carbocycles. The van der Waals surface area contributed by atoms with E-state index in [1.807, 2.05) is 25.1 Å². The lowest BCUT2D eigenvalue weighted by Crippen LogP contribution is -1.94. The van der Waals surface area contributed by atoms with Crippen LogP contribution in [0.4, 0.5) is 0 Å². The second kappa shape index (κ2) is 4.39. The Kier molecular flexibility index (Phi) is 2.95.